The van der Waals surface area contributed by atoms with E-state index in [1.807, 2.05) is 0 Å². The third-order valence-electron chi connectivity index (χ3n) is 1.40. The van der Waals surface area contributed by atoms with E-state index in [0.29, 0.717) is 0 Å². The summed E-state index contributed by atoms with van der Waals surface area (Å²) in [5, 5.41) is 8.33. The van der Waals surface area contributed by atoms with E-state index >= 15 is 0 Å². The molecule has 1 aliphatic rings. The van der Waals surface area contributed by atoms with Gasteiger partial charge in [0, 0.05) is 6.42 Å². The molecular weight excluding hydrogens is 124 g/mol. The molecule has 4 nitrogen and oxygen atoms in total. The smallest absolute Gasteiger partial charge is 0.364 e. The van der Waals surface area contributed by atoms with Crippen LogP contribution in [0.2, 0.25) is 0 Å². The summed E-state index contributed by atoms with van der Waals surface area (Å²) in [4.78, 5) is 20.5. The summed E-state index contributed by atoms with van der Waals surface area (Å²) in [7, 11) is 0. The molecule has 1 N–H and O–H groups in total. The summed E-state index contributed by atoms with van der Waals surface area (Å²) >= 11 is 0. The maximum absolute atomic E-state index is 10.3. The number of carbonyl (C=O) groups excluding carboxylic acids is 1. The van der Waals surface area contributed by atoms with Crippen LogP contribution in [-0.4, -0.2) is 22.6 Å². The van der Waals surface area contributed by atoms with Gasteiger partial charge >= 0.3 is 17.5 Å². The maximum atomic E-state index is 10.3. The Morgan fingerprint density at radius 2 is 2.33 bits per heavy atom. The van der Waals surface area contributed by atoms with Gasteiger partial charge in [-0.05, 0) is 0 Å². The van der Waals surface area contributed by atoms with Gasteiger partial charge in [0.05, 0.1) is 0 Å². The van der Waals surface area contributed by atoms with Gasteiger partial charge < -0.3 is 9.84 Å². The van der Waals surface area contributed by atoms with E-state index in [9.17, 15) is 9.59 Å². The lowest BCUT2D eigenvalue weighted by atomic mass is 10.1. The Bertz CT molecular complexity index is 174. The van der Waals surface area contributed by atoms with E-state index in [1.165, 1.54) is 0 Å². The van der Waals surface area contributed by atoms with Crippen molar-refractivity contribution in [3.63, 3.8) is 0 Å². The number of ether oxygens (including phenoxy) is 1. The summed E-state index contributed by atoms with van der Waals surface area (Å²) < 4.78 is 4.28. The molecule has 9 heavy (non-hydrogen) atoms. The van der Waals surface area contributed by atoms with Crippen molar-refractivity contribution < 1.29 is 19.4 Å². The molecule has 1 saturated heterocycles. The first kappa shape index (κ1) is 6.07. The molecule has 50 valence electrons. The van der Waals surface area contributed by atoms with Crippen LogP contribution < -0.4 is 0 Å². The minimum absolute atomic E-state index is 0.209. The predicted octanol–water partition coefficient (Wildman–Crippen LogP) is -0.223. The van der Waals surface area contributed by atoms with Crippen LogP contribution in [0.3, 0.4) is 0 Å². The Morgan fingerprint density at radius 1 is 1.89 bits per heavy atom. The zero-order chi connectivity index (χ0) is 7.07. The zero-order valence-electron chi connectivity index (χ0n) is 4.88. The van der Waals surface area contributed by atoms with E-state index in [1.54, 1.807) is 6.92 Å². The molecule has 0 aromatic carbocycles. The standard InChI is InChI=1S/C5H6O4/c1-2-5(3(6)7)4(8)9-5/h2H2,1H3,(H,6,7)/t5-/m0/s1. The zero-order valence-corrected chi connectivity index (χ0v) is 4.88. The largest absolute Gasteiger partial charge is 0.478 e. The monoisotopic (exact) mass is 130 g/mol. The second-order valence-electron chi connectivity index (χ2n) is 1.88. The molecule has 4 heteroatoms. The van der Waals surface area contributed by atoms with Gasteiger partial charge in [-0.3, -0.25) is 0 Å². The second kappa shape index (κ2) is 1.46. The highest BCUT2D eigenvalue weighted by molar-refractivity contribution is 6.13. The van der Waals surface area contributed by atoms with E-state index in [-0.39, 0.29) is 6.42 Å². The van der Waals surface area contributed by atoms with Crippen molar-refractivity contribution in [3.05, 3.63) is 0 Å². The van der Waals surface area contributed by atoms with Crippen molar-refractivity contribution in [3.8, 4) is 0 Å². The molecule has 0 spiro atoms. The van der Waals surface area contributed by atoms with Gasteiger partial charge in [0.1, 0.15) is 0 Å². The van der Waals surface area contributed by atoms with E-state index in [2.05, 4.69) is 4.74 Å². The predicted molar refractivity (Wildman–Crippen MR) is 26.7 cm³/mol. The Labute approximate surface area is 51.4 Å². The Hall–Kier alpha value is -1.06. The third-order valence-corrected chi connectivity index (χ3v) is 1.40. The van der Waals surface area contributed by atoms with Crippen molar-refractivity contribution in [2.75, 3.05) is 0 Å². The molecule has 0 aliphatic carbocycles. The molecule has 1 fully saturated rings. The lowest BCUT2D eigenvalue weighted by Gasteiger charge is -1.93. The van der Waals surface area contributed by atoms with E-state index < -0.39 is 17.5 Å². The lowest BCUT2D eigenvalue weighted by molar-refractivity contribution is -0.143. The molecular formula is C5H6O4. The summed E-state index contributed by atoms with van der Waals surface area (Å²) in [6.45, 7) is 1.60. The summed E-state index contributed by atoms with van der Waals surface area (Å²) in [6.07, 6.45) is 0.209. The number of cyclic esters (lactones) is 1. The molecule has 1 atom stereocenters. The number of rotatable bonds is 2. The molecule has 0 bridgehead atoms. The average Bonchev–Trinajstić information content (AvgIpc) is 2.43. The topological polar surface area (TPSA) is 66.9 Å². The quantitative estimate of drug-likeness (QED) is 0.414. The number of carboxylic acid groups (broad SMARTS) is 1. The van der Waals surface area contributed by atoms with Gasteiger partial charge in [0.15, 0.2) is 0 Å². The molecule has 0 aromatic rings. The molecule has 0 saturated carbocycles. The molecule has 0 unspecified atom stereocenters. The molecule has 1 aliphatic heterocycles. The van der Waals surface area contributed by atoms with Gasteiger partial charge in [-0.15, -0.1) is 0 Å². The van der Waals surface area contributed by atoms with Crippen LogP contribution in [0.25, 0.3) is 0 Å². The maximum Gasteiger partial charge on any atom is 0.364 e. The fourth-order valence-corrected chi connectivity index (χ4v) is 0.631. The molecule has 0 radical (unpaired) electrons. The van der Waals surface area contributed by atoms with Gasteiger partial charge in [-0.1, -0.05) is 6.92 Å². The van der Waals surface area contributed by atoms with Crippen molar-refractivity contribution in [2.45, 2.75) is 18.9 Å². The molecule has 1 rings (SSSR count). The number of hydrogen-bond acceptors (Lipinski definition) is 3. The molecule has 1 heterocycles. The van der Waals surface area contributed by atoms with Gasteiger partial charge in [0.2, 0.25) is 0 Å². The number of aliphatic carboxylic acids is 1. The van der Waals surface area contributed by atoms with Crippen molar-refractivity contribution in [1.29, 1.82) is 0 Å². The Balaban J connectivity index is 2.74. The highest BCUT2D eigenvalue weighted by Gasteiger charge is 2.63. The normalized spacial score (nSPS) is 31.4. The van der Waals surface area contributed by atoms with Gasteiger partial charge in [-0.25, -0.2) is 9.59 Å². The Kier molecular flexibility index (Phi) is 0.986. The molecule has 0 amide bonds. The van der Waals surface area contributed by atoms with Crippen LogP contribution in [-0.2, 0) is 14.3 Å². The molecule has 0 aromatic heterocycles. The lowest BCUT2D eigenvalue weighted by Crippen LogP contribution is -2.24. The van der Waals surface area contributed by atoms with Crippen molar-refractivity contribution in [1.82, 2.24) is 0 Å². The second-order valence-corrected chi connectivity index (χ2v) is 1.88. The van der Waals surface area contributed by atoms with Crippen LogP contribution in [0.1, 0.15) is 13.3 Å². The van der Waals surface area contributed by atoms with Crippen LogP contribution in [0.5, 0.6) is 0 Å². The van der Waals surface area contributed by atoms with Crippen molar-refractivity contribution >= 4 is 11.9 Å². The van der Waals surface area contributed by atoms with Gasteiger partial charge in [-0.2, -0.15) is 0 Å². The Morgan fingerprint density at radius 3 is 2.33 bits per heavy atom. The minimum Gasteiger partial charge on any atom is -0.478 e. The van der Waals surface area contributed by atoms with Crippen LogP contribution in [0.15, 0.2) is 0 Å². The first-order valence-electron chi connectivity index (χ1n) is 2.60. The van der Waals surface area contributed by atoms with Crippen LogP contribution >= 0.6 is 0 Å². The first-order valence-corrected chi connectivity index (χ1v) is 2.60. The SMILES string of the molecule is CC[C@@]1(C(=O)O)OC1=O. The van der Waals surface area contributed by atoms with Crippen LogP contribution in [0, 0.1) is 0 Å². The fourth-order valence-electron chi connectivity index (χ4n) is 0.631. The number of carbonyl (C=O) groups is 2. The third kappa shape index (κ3) is 0.590. The summed E-state index contributed by atoms with van der Waals surface area (Å²) in [6, 6.07) is 0. The number of epoxide rings is 1. The number of hydrogen-bond donors (Lipinski definition) is 1. The van der Waals surface area contributed by atoms with Crippen LogP contribution in [0.4, 0.5) is 0 Å². The van der Waals surface area contributed by atoms with Gasteiger partial charge in [0.25, 0.3) is 0 Å². The number of carboxylic acids is 1. The van der Waals surface area contributed by atoms with E-state index in [4.69, 9.17) is 5.11 Å². The summed E-state index contributed by atoms with van der Waals surface area (Å²) in [5.41, 5.74) is -1.47. The highest BCUT2D eigenvalue weighted by Crippen LogP contribution is 2.32. The highest BCUT2D eigenvalue weighted by atomic mass is 16.7. The van der Waals surface area contributed by atoms with Crippen molar-refractivity contribution in [2.24, 2.45) is 0 Å². The van der Waals surface area contributed by atoms with E-state index in [0.717, 1.165) is 0 Å². The summed E-state index contributed by atoms with van der Waals surface area (Å²) in [5.74, 6) is -1.81. The minimum atomic E-state index is -1.47. The first-order chi connectivity index (χ1) is 4.13. The fraction of sp³-hybridized carbons (Fsp3) is 0.600. The average molecular weight is 130 g/mol.